The Morgan fingerprint density at radius 1 is 1.14 bits per heavy atom. The largest absolute Gasteiger partial charge is 0.344 e. The molecule has 1 amide bonds. The maximum absolute atomic E-state index is 12.2. The van der Waals surface area contributed by atoms with Gasteiger partial charge in [0.15, 0.2) is 5.82 Å². The van der Waals surface area contributed by atoms with Crippen LogP contribution in [0.15, 0.2) is 53.9 Å². The fourth-order valence-corrected chi connectivity index (χ4v) is 4.00. The van der Waals surface area contributed by atoms with E-state index in [1.807, 2.05) is 53.9 Å². The lowest BCUT2D eigenvalue weighted by Gasteiger charge is -2.30. The van der Waals surface area contributed by atoms with Gasteiger partial charge in [-0.05, 0) is 35.7 Å². The summed E-state index contributed by atoms with van der Waals surface area (Å²) in [6.45, 7) is 4.25. The molecule has 1 aliphatic heterocycles. The van der Waals surface area contributed by atoms with E-state index in [1.165, 1.54) is 0 Å². The van der Waals surface area contributed by atoms with Crippen LogP contribution in [0, 0.1) is 0 Å². The molecule has 0 atom stereocenters. The molecule has 2 N–H and O–H groups in total. The monoisotopic (exact) mass is 394 g/mol. The summed E-state index contributed by atoms with van der Waals surface area (Å²) in [7, 11) is 2.22. The number of thiophene rings is 1. The Hall–Kier alpha value is -2.77. The van der Waals surface area contributed by atoms with Crippen molar-refractivity contribution >= 4 is 28.7 Å². The van der Waals surface area contributed by atoms with Gasteiger partial charge in [-0.15, -0.1) is 21.5 Å². The molecule has 0 spiro atoms. The Kier molecular flexibility index (Phi) is 5.64. The molecule has 144 valence electrons. The third-order valence-corrected chi connectivity index (χ3v) is 5.82. The molecule has 3 heterocycles. The van der Waals surface area contributed by atoms with E-state index in [4.69, 9.17) is 0 Å². The lowest BCUT2D eigenvalue weighted by Crippen LogP contribution is -3.12. The Balaban J connectivity index is 1.43. The molecule has 0 bridgehead atoms. The molecule has 1 fully saturated rings. The summed E-state index contributed by atoms with van der Waals surface area (Å²) in [4.78, 5) is 17.1. The summed E-state index contributed by atoms with van der Waals surface area (Å²) >= 11 is 1.59. The van der Waals surface area contributed by atoms with E-state index in [1.54, 1.807) is 16.2 Å². The van der Waals surface area contributed by atoms with Crippen molar-refractivity contribution in [3.63, 3.8) is 0 Å². The molecule has 28 heavy (non-hydrogen) atoms. The Labute approximate surface area is 168 Å². The van der Waals surface area contributed by atoms with E-state index in [2.05, 4.69) is 27.5 Å². The van der Waals surface area contributed by atoms with Gasteiger partial charge < -0.3 is 15.1 Å². The molecular weight excluding hydrogens is 370 g/mol. The van der Waals surface area contributed by atoms with Crippen molar-refractivity contribution in [3.05, 3.63) is 58.8 Å². The minimum Gasteiger partial charge on any atom is -0.344 e. The van der Waals surface area contributed by atoms with Crippen LogP contribution in [0.1, 0.15) is 4.88 Å². The average molecular weight is 395 g/mol. The zero-order chi connectivity index (χ0) is 19.3. The number of piperazine rings is 1. The van der Waals surface area contributed by atoms with Crippen molar-refractivity contribution in [2.24, 2.45) is 0 Å². The molecule has 7 heteroatoms. The molecular formula is C21H24N5OS+. The standard InChI is InChI=1S/C21H23N5OS/c1-25-9-11-26(12-10-25)20-8-7-19(23-24-20)16-4-2-5-17(14-16)22-21(27)15-18-6-3-13-28-18/h2-8,13-14H,9-12,15H2,1H3,(H,22,27)/p+1. The van der Waals surface area contributed by atoms with Crippen LogP contribution >= 0.6 is 11.3 Å². The number of benzene rings is 1. The Morgan fingerprint density at radius 3 is 2.71 bits per heavy atom. The summed E-state index contributed by atoms with van der Waals surface area (Å²) in [5.41, 5.74) is 2.51. The normalized spacial score (nSPS) is 14.8. The number of amides is 1. The number of nitrogens with one attached hydrogen (secondary N) is 2. The number of nitrogens with zero attached hydrogens (tertiary/aromatic N) is 3. The van der Waals surface area contributed by atoms with Crippen molar-refractivity contribution in [1.82, 2.24) is 10.2 Å². The van der Waals surface area contributed by atoms with Crippen molar-refractivity contribution in [1.29, 1.82) is 0 Å². The van der Waals surface area contributed by atoms with Gasteiger partial charge in [0, 0.05) is 16.1 Å². The van der Waals surface area contributed by atoms with E-state index >= 15 is 0 Å². The number of quaternary nitrogens is 1. The number of aromatic nitrogens is 2. The molecule has 1 saturated heterocycles. The lowest BCUT2D eigenvalue weighted by atomic mass is 10.1. The first-order valence-electron chi connectivity index (χ1n) is 9.50. The maximum Gasteiger partial charge on any atom is 0.229 e. The number of hydrogen-bond acceptors (Lipinski definition) is 5. The summed E-state index contributed by atoms with van der Waals surface area (Å²) in [5, 5.41) is 13.8. The van der Waals surface area contributed by atoms with E-state index in [-0.39, 0.29) is 5.91 Å². The van der Waals surface area contributed by atoms with Gasteiger partial charge in [0.2, 0.25) is 5.91 Å². The van der Waals surface area contributed by atoms with Crippen LogP contribution in [0.2, 0.25) is 0 Å². The summed E-state index contributed by atoms with van der Waals surface area (Å²) < 4.78 is 0. The lowest BCUT2D eigenvalue weighted by molar-refractivity contribution is -0.880. The van der Waals surface area contributed by atoms with E-state index in [0.29, 0.717) is 6.42 Å². The number of likely N-dealkylation sites (N-methyl/N-ethyl adjacent to an activating group) is 1. The van der Waals surface area contributed by atoms with Crippen molar-refractivity contribution in [2.75, 3.05) is 43.4 Å². The van der Waals surface area contributed by atoms with Crippen LogP contribution in [0.25, 0.3) is 11.3 Å². The van der Waals surface area contributed by atoms with E-state index in [0.717, 1.165) is 53.8 Å². The van der Waals surface area contributed by atoms with Crippen LogP contribution in [0.4, 0.5) is 11.5 Å². The molecule has 0 aliphatic carbocycles. The van der Waals surface area contributed by atoms with Gasteiger partial charge in [0.1, 0.15) is 0 Å². The van der Waals surface area contributed by atoms with Crippen LogP contribution in [0.3, 0.4) is 0 Å². The molecule has 2 aromatic heterocycles. The fourth-order valence-electron chi connectivity index (χ4n) is 3.30. The van der Waals surface area contributed by atoms with E-state index < -0.39 is 0 Å². The Bertz CT molecular complexity index is 918. The predicted octanol–water partition coefficient (Wildman–Crippen LogP) is 1.72. The highest BCUT2D eigenvalue weighted by molar-refractivity contribution is 7.10. The smallest absolute Gasteiger partial charge is 0.229 e. The van der Waals surface area contributed by atoms with Gasteiger partial charge in [-0.3, -0.25) is 4.79 Å². The molecule has 4 rings (SSSR count). The SMILES string of the molecule is C[NH+]1CCN(c2ccc(-c3cccc(NC(=O)Cc4cccs4)c3)nn2)CC1. The van der Waals surface area contributed by atoms with Crippen LogP contribution in [-0.2, 0) is 11.2 Å². The minimum absolute atomic E-state index is 0.0155. The number of carbonyl (C=O) groups excluding carboxylic acids is 1. The zero-order valence-electron chi connectivity index (χ0n) is 15.9. The van der Waals surface area contributed by atoms with Gasteiger partial charge in [-0.25, -0.2) is 0 Å². The van der Waals surface area contributed by atoms with Crippen molar-refractivity contribution in [3.8, 4) is 11.3 Å². The first-order valence-corrected chi connectivity index (χ1v) is 10.4. The second kappa shape index (κ2) is 8.50. The zero-order valence-corrected chi connectivity index (χ0v) is 16.7. The van der Waals surface area contributed by atoms with Gasteiger partial charge in [0.25, 0.3) is 0 Å². The molecule has 1 aliphatic rings. The highest BCUT2D eigenvalue weighted by Crippen LogP contribution is 2.22. The van der Waals surface area contributed by atoms with Crippen LogP contribution < -0.4 is 15.1 Å². The maximum atomic E-state index is 12.2. The van der Waals surface area contributed by atoms with Gasteiger partial charge in [0.05, 0.1) is 45.3 Å². The molecule has 1 aromatic carbocycles. The van der Waals surface area contributed by atoms with Crippen LogP contribution in [0.5, 0.6) is 0 Å². The first kappa shape index (κ1) is 18.6. The number of anilines is 2. The minimum atomic E-state index is -0.0155. The topological polar surface area (TPSA) is 62.6 Å². The summed E-state index contributed by atoms with van der Waals surface area (Å²) in [5.74, 6) is 0.912. The highest BCUT2D eigenvalue weighted by atomic mass is 32.1. The molecule has 3 aromatic rings. The van der Waals surface area contributed by atoms with Crippen molar-refractivity contribution in [2.45, 2.75) is 6.42 Å². The molecule has 6 nitrogen and oxygen atoms in total. The molecule has 0 unspecified atom stereocenters. The fraction of sp³-hybridized carbons (Fsp3) is 0.286. The van der Waals surface area contributed by atoms with Crippen LogP contribution in [-0.4, -0.2) is 49.3 Å². The first-order chi connectivity index (χ1) is 13.7. The van der Waals surface area contributed by atoms with Gasteiger partial charge >= 0.3 is 0 Å². The second-order valence-corrected chi connectivity index (χ2v) is 8.14. The number of rotatable bonds is 5. The third kappa shape index (κ3) is 4.55. The van der Waals surface area contributed by atoms with E-state index in [9.17, 15) is 4.79 Å². The highest BCUT2D eigenvalue weighted by Gasteiger charge is 2.18. The quantitative estimate of drug-likeness (QED) is 0.692. The Morgan fingerprint density at radius 2 is 2.00 bits per heavy atom. The molecule has 0 radical (unpaired) electrons. The summed E-state index contributed by atoms with van der Waals surface area (Å²) in [6, 6.07) is 15.7. The van der Waals surface area contributed by atoms with Gasteiger partial charge in [-0.1, -0.05) is 18.2 Å². The molecule has 0 saturated carbocycles. The second-order valence-electron chi connectivity index (χ2n) is 7.11. The average Bonchev–Trinajstić information content (AvgIpc) is 3.22. The number of hydrogen-bond donors (Lipinski definition) is 2. The number of carbonyl (C=O) groups is 1. The summed E-state index contributed by atoms with van der Waals surface area (Å²) in [6.07, 6.45) is 0.392. The van der Waals surface area contributed by atoms with Gasteiger partial charge in [-0.2, -0.15) is 0 Å². The predicted molar refractivity (Wildman–Crippen MR) is 113 cm³/mol. The van der Waals surface area contributed by atoms with Crippen molar-refractivity contribution < 1.29 is 9.69 Å². The third-order valence-electron chi connectivity index (χ3n) is 4.95.